The van der Waals surface area contributed by atoms with Crippen LogP contribution in [0.5, 0.6) is 0 Å². The highest BCUT2D eigenvalue weighted by Crippen LogP contribution is 2.15. The standard InChI is InChI=1S/C18H27N3O2S/c1-3-9-20(10-4-2)17(22)15-5-7-16(8-6-15)19-18(23)21-11-13-24-14-12-21/h5-8H,3-4,9-14H2,1-2H3,(H,19,23). The fraction of sp³-hybridized carbons (Fsp3) is 0.556. The summed E-state index contributed by atoms with van der Waals surface area (Å²) in [4.78, 5) is 28.4. The van der Waals surface area contributed by atoms with E-state index in [0.717, 1.165) is 56.2 Å². The first-order chi connectivity index (χ1) is 11.7. The predicted octanol–water partition coefficient (Wildman–Crippen LogP) is 3.53. The number of thioether (sulfide) groups is 1. The van der Waals surface area contributed by atoms with Gasteiger partial charge in [0.2, 0.25) is 0 Å². The van der Waals surface area contributed by atoms with Gasteiger partial charge in [-0.05, 0) is 37.1 Å². The zero-order chi connectivity index (χ0) is 17.4. The van der Waals surface area contributed by atoms with Crippen LogP contribution in [-0.4, -0.2) is 59.4 Å². The van der Waals surface area contributed by atoms with Crippen molar-refractivity contribution in [1.29, 1.82) is 0 Å². The lowest BCUT2D eigenvalue weighted by atomic mass is 10.1. The molecule has 0 radical (unpaired) electrons. The summed E-state index contributed by atoms with van der Waals surface area (Å²) in [6, 6.07) is 7.14. The van der Waals surface area contributed by atoms with Crippen molar-refractivity contribution in [2.45, 2.75) is 26.7 Å². The number of carbonyl (C=O) groups is 2. The average Bonchev–Trinajstić information content (AvgIpc) is 2.62. The Hall–Kier alpha value is -1.69. The quantitative estimate of drug-likeness (QED) is 0.855. The van der Waals surface area contributed by atoms with Gasteiger partial charge >= 0.3 is 6.03 Å². The Balaban J connectivity index is 1.96. The molecule has 2 rings (SSSR count). The van der Waals surface area contributed by atoms with Crippen molar-refractivity contribution in [1.82, 2.24) is 9.80 Å². The molecule has 1 aliphatic heterocycles. The number of urea groups is 1. The van der Waals surface area contributed by atoms with Crippen LogP contribution in [0.15, 0.2) is 24.3 Å². The van der Waals surface area contributed by atoms with Gasteiger partial charge < -0.3 is 15.1 Å². The summed E-state index contributed by atoms with van der Waals surface area (Å²) in [6.07, 6.45) is 1.90. The lowest BCUT2D eigenvalue weighted by molar-refractivity contribution is 0.0755. The molecule has 0 unspecified atom stereocenters. The van der Waals surface area contributed by atoms with E-state index in [1.807, 2.05) is 21.6 Å². The highest BCUT2D eigenvalue weighted by atomic mass is 32.2. The molecule has 24 heavy (non-hydrogen) atoms. The van der Waals surface area contributed by atoms with Crippen LogP contribution in [0.1, 0.15) is 37.0 Å². The Labute approximate surface area is 148 Å². The molecule has 5 nitrogen and oxygen atoms in total. The maximum atomic E-state index is 12.5. The molecule has 1 N–H and O–H groups in total. The van der Waals surface area contributed by atoms with Gasteiger partial charge in [-0.2, -0.15) is 11.8 Å². The van der Waals surface area contributed by atoms with E-state index >= 15 is 0 Å². The van der Waals surface area contributed by atoms with Gasteiger partial charge in [0.05, 0.1) is 0 Å². The van der Waals surface area contributed by atoms with Crippen molar-refractivity contribution < 1.29 is 9.59 Å². The van der Waals surface area contributed by atoms with E-state index in [2.05, 4.69) is 19.2 Å². The van der Waals surface area contributed by atoms with E-state index in [-0.39, 0.29) is 11.9 Å². The van der Waals surface area contributed by atoms with Crippen molar-refractivity contribution >= 4 is 29.4 Å². The zero-order valence-electron chi connectivity index (χ0n) is 14.6. The van der Waals surface area contributed by atoms with Crippen LogP contribution in [0.25, 0.3) is 0 Å². The minimum atomic E-state index is -0.0621. The average molecular weight is 350 g/mol. The number of benzene rings is 1. The fourth-order valence-electron chi connectivity index (χ4n) is 2.70. The van der Waals surface area contributed by atoms with Crippen LogP contribution in [0.3, 0.4) is 0 Å². The van der Waals surface area contributed by atoms with Gasteiger partial charge in [0.1, 0.15) is 0 Å². The topological polar surface area (TPSA) is 52.7 Å². The third-order valence-corrected chi connectivity index (χ3v) is 4.90. The molecule has 0 aliphatic carbocycles. The second kappa shape index (κ2) is 9.57. The molecule has 1 aromatic rings. The maximum Gasteiger partial charge on any atom is 0.321 e. The molecule has 0 aromatic heterocycles. The van der Waals surface area contributed by atoms with Crippen LogP contribution in [0.2, 0.25) is 0 Å². The van der Waals surface area contributed by atoms with E-state index in [1.54, 1.807) is 24.3 Å². The van der Waals surface area contributed by atoms with Crippen molar-refractivity contribution in [3.05, 3.63) is 29.8 Å². The van der Waals surface area contributed by atoms with Gasteiger partial charge in [-0.15, -0.1) is 0 Å². The summed E-state index contributed by atoms with van der Waals surface area (Å²) in [5, 5.41) is 2.91. The molecule has 132 valence electrons. The molecular formula is C18H27N3O2S. The molecular weight excluding hydrogens is 322 g/mol. The van der Waals surface area contributed by atoms with Crippen LogP contribution in [0.4, 0.5) is 10.5 Å². The number of nitrogens with zero attached hydrogens (tertiary/aromatic N) is 2. The summed E-state index contributed by atoms with van der Waals surface area (Å²) in [5.41, 5.74) is 1.40. The smallest absolute Gasteiger partial charge is 0.321 e. The first-order valence-corrected chi connectivity index (χ1v) is 9.84. The summed E-state index contributed by atoms with van der Waals surface area (Å²) in [6.45, 7) is 7.28. The van der Waals surface area contributed by atoms with E-state index in [4.69, 9.17) is 0 Å². The lowest BCUT2D eigenvalue weighted by Gasteiger charge is -2.26. The third kappa shape index (κ3) is 5.16. The van der Waals surface area contributed by atoms with E-state index < -0.39 is 0 Å². The molecule has 1 aliphatic rings. The first kappa shape index (κ1) is 18.6. The molecule has 1 fully saturated rings. The van der Waals surface area contributed by atoms with E-state index in [1.165, 1.54) is 0 Å². The van der Waals surface area contributed by atoms with Gasteiger partial charge in [0, 0.05) is 48.9 Å². The molecule has 0 bridgehead atoms. The number of nitrogens with one attached hydrogen (secondary N) is 1. The number of rotatable bonds is 6. The summed E-state index contributed by atoms with van der Waals surface area (Å²) in [5.74, 6) is 2.04. The molecule has 1 heterocycles. The minimum absolute atomic E-state index is 0.0598. The van der Waals surface area contributed by atoms with Gasteiger partial charge in [0.15, 0.2) is 0 Å². The highest BCUT2D eigenvalue weighted by Gasteiger charge is 2.17. The maximum absolute atomic E-state index is 12.5. The normalized spacial score (nSPS) is 14.3. The molecule has 6 heteroatoms. The zero-order valence-corrected chi connectivity index (χ0v) is 15.4. The Bertz CT molecular complexity index is 536. The second-order valence-electron chi connectivity index (χ2n) is 5.90. The van der Waals surface area contributed by atoms with Crippen molar-refractivity contribution in [3.8, 4) is 0 Å². The van der Waals surface area contributed by atoms with Crippen molar-refractivity contribution in [2.75, 3.05) is 43.0 Å². The monoisotopic (exact) mass is 349 g/mol. The van der Waals surface area contributed by atoms with Gasteiger partial charge in [-0.3, -0.25) is 4.79 Å². The van der Waals surface area contributed by atoms with Crippen LogP contribution in [-0.2, 0) is 0 Å². The van der Waals surface area contributed by atoms with Gasteiger partial charge in [-0.25, -0.2) is 4.79 Å². The van der Waals surface area contributed by atoms with Crippen LogP contribution >= 0.6 is 11.8 Å². The highest BCUT2D eigenvalue weighted by molar-refractivity contribution is 7.99. The number of amides is 3. The largest absolute Gasteiger partial charge is 0.339 e. The Morgan fingerprint density at radius 2 is 1.67 bits per heavy atom. The third-order valence-electron chi connectivity index (χ3n) is 3.96. The predicted molar refractivity (Wildman–Crippen MR) is 101 cm³/mol. The van der Waals surface area contributed by atoms with Crippen molar-refractivity contribution in [2.24, 2.45) is 0 Å². The molecule has 1 aromatic carbocycles. The van der Waals surface area contributed by atoms with Crippen LogP contribution in [0, 0.1) is 0 Å². The molecule has 3 amide bonds. The number of carbonyl (C=O) groups excluding carboxylic acids is 2. The lowest BCUT2D eigenvalue weighted by Crippen LogP contribution is -2.40. The van der Waals surface area contributed by atoms with Crippen molar-refractivity contribution in [3.63, 3.8) is 0 Å². The Morgan fingerprint density at radius 3 is 2.21 bits per heavy atom. The van der Waals surface area contributed by atoms with E-state index in [0.29, 0.717) is 5.56 Å². The number of hydrogen-bond acceptors (Lipinski definition) is 3. The molecule has 1 saturated heterocycles. The summed E-state index contributed by atoms with van der Waals surface area (Å²) < 4.78 is 0. The van der Waals surface area contributed by atoms with Gasteiger partial charge in [-0.1, -0.05) is 13.8 Å². The first-order valence-electron chi connectivity index (χ1n) is 8.68. The van der Waals surface area contributed by atoms with Crippen LogP contribution < -0.4 is 5.32 Å². The van der Waals surface area contributed by atoms with E-state index in [9.17, 15) is 9.59 Å². The second-order valence-corrected chi connectivity index (χ2v) is 7.12. The molecule has 0 spiro atoms. The fourth-order valence-corrected chi connectivity index (χ4v) is 3.61. The number of hydrogen-bond donors (Lipinski definition) is 1. The molecule has 0 saturated carbocycles. The summed E-state index contributed by atoms with van der Waals surface area (Å²) in [7, 11) is 0. The minimum Gasteiger partial charge on any atom is -0.339 e. The Morgan fingerprint density at radius 1 is 1.08 bits per heavy atom. The Kier molecular flexibility index (Phi) is 7.43. The van der Waals surface area contributed by atoms with Gasteiger partial charge in [0.25, 0.3) is 5.91 Å². The summed E-state index contributed by atoms with van der Waals surface area (Å²) >= 11 is 1.87. The number of anilines is 1. The molecule has 0 atom stereocenters. The SMILES string of the molecule is CCCN(CCC)C(=O)c1ccc(NC(=O)N2CCSCC2)cc1.